The summed E-state index contributed by atoms with van der Waals surface area (Å²) in [5.74, 6) is 0.802. The van der Waals surface area contributed by atoms with Crippen molar-refractivity contribution in [3.8, 4) is 0 Å². The van der Waals surface area contributed by atoms with Gasteiger partial charge in [0, 0.05) is 6.92 Å². The van der Waals surface area contributed by atoms with E-state index in [1.807, 2.05) is 42.8 Å². The van der Waals surface area contributed by atoms with Crippen LogP contribution in [0.5, 0.6) is 0 Å². The van der Waals surface area contributed by atoms with Crippen LogP contribution in [0.3, 0.4) is 0 Å². The zero-order chi connectivity index (χ0) is 11.7. The maximum Gasteiger partial charge on any atom is 0.348 e. The molecular formula is C12H15N2O2+. The molecule has 0 spiro atoms. The monoisotopic (exact) mass is 219 g/mol. The molecule has 0 aliphatic rings. The number of benzene rings is 1. The molecule has 0 N–H and O–H groups in total. The Hall–Kier alpha value is -1.84. The van der Waals surface area contributed by atoms with E-state index in [1.54, 1.807) is 0 Å². The Kier molecular flexibility index (Phi) is 2.64. The molecule has 0 atom stereocenters. The van der Waals surface area contributed by atoms with Crippen molar-refractivity contribution >= 4 is 17.0 Å². The normalized spacial score (nSPS) is 10.7. The second-order valence-electron chi connectivity index (χ2n) is 3.76. The second-order valence-corrected chi connectivity index (χ2v) is 3.76. The molecule has 1 heterocycles. The first-order chi connectivity index (χ1) is 7.65. The first-order valence-corrected chi connectivity index (χ1v) is 5.16. The Bertz CT molecular complexity index is 543. The van der Waals surface area contributed by atoms with Gasteiger partial charge in [0.25, 0.3) is 5.82 Å². The Morgan fingerprint density at radius 2 is 2.12 bits per heavy atom. The molecule has 4 heteroatoms. The van der Waals surface area contributed by atoms with E-state index in [4.69, 9.17) is 4.74 Å². The number of carbonyl (C=O) groups excluding carboxylic acids is 1. The molecule has 0 unspecified atom stereocenters. The summed E-state index contributed by atoms with van der Waals surface area (Å²) < 4.78 is 8.73. The smallest absolute Gasteiger partial charge is 0.348 e. The van der Waals surface area contributed by atoms with Crippen molar-refractivity contribution in [2.45, 2.75) is 13.5 Å². The number of fused-ring (bicyclic) bond motifs is 1. The number of esters is 1. The molecular weight excluding hydrogens is 204 g/mol. The third-order valence-corrected chi connectivity index (χ3v) is 2.92. The molecule has 0 radical (unpaired) electrons. The highest BCUT2D eigenvalue weighted by Gasteiger charge is 2.20. The molecule has 0 aliphatic heterocycles. The van der Waals surface area contributed by atoms with Crippen LogP contribution in [0.2, 0.25) is 0 Å². The summed E-state index contributed by atoms with van der Waals surface area (Å²) in [7, 11) is 3.40. The first kappa shape index (κ1) is 10.7. The van der Waals surface area contributed by atoms with E-state index in [1.165, 1.54) is 7.11 Å². The van der Waals surface area contributed by atoms with E-state index in [-0.39, 0.29) is 12.5 Å². The molecule has 0 saturated carbocycles. The van der Waals surface area contributed by atoms with Gasteiger partial charge in [-0.2, -0.15) is 0 Å². The summed E-state index contributed by atoms with van der Waals surface area (Å²) in [4.78, 5) is 11.3. The van der Waals surface area contributed by atoms with Crippen LogP contribution in [-0.4, -0.2) is 17.6 Å². The number of rotatable bonds is 2. The Morgan fingerprint density at radius 3 is 2.81 bits per heavy atom. The lowest BCUT2D eigenvalue weighted by molar-refractivity contribution is -0.652. The summed E-state index contributed by atoms with van der Waals surface area (Å²) in [6.07, 6.45) is 0. The average molecular weight is 219 g/mol. The summed E-state index contributed by atoms with van der Waals surface area (Å²) in [5.41, 5.74) is 2.16. The largest absolute Gasteiger partial charge is 0.466 e. The van der Waals surface area contributed by atoms with E-state index in [9.17, 15) is 4.79 Å². The maximum atomic E-state index is 11.3. The minimum atomic E-state index is -0.232. The van der Waals surface area contributed by atoms with Crippen molar-refractivity contribution in [2.24, 2.45) is 7.05 Å². The van der Waals surface area contributed by atoms with Crippen molar-refractivity contribution in [3.63, 3.8) is 0 Å². The first-order valence-electron chi connectivity index (χ1n) is 5.16. The van der Waals surface area contributed by atoms with Crippen LogP contribution in [0.1, 0.15) is 5.82 Å². The molecule has 1 aromatic heterocycles. The minimum absolute atomic E-state index is 0.232. The zero-order valence-corrected chi connectivity index (χ0v) is 9.73. The van der Waals surface area contributed by atoms with Crippen LogP contribution in [0.15, 0.2) is 24.3 Å². The predicted octanol–water partition coefficient (Wildman–Crippen LogP) is 0.947. The minimum Gasteiger partial charge on any atom is -0.466 e. The second kappa shape index (κ2) is 3.96. The molecule has 0 saturated heterocycles. The van der Waals surface area contributed by atoms with Crippen molar-refractivity contribution in [1.29, 1.82) is 0 Å². The summed E-state index contributed by atoms with van der Waals surface area (Å²) >= 11 is 0. The van der Waals surface area contributed by atoms with Gasteiger partial charge in [-0.15, -0.1) is 0 Å². The third kappa shape index (κ3) is 1.56. The lowest BCUT2D eigenvalue weighted by Gasteiger charge is -1.98. The number of nitrogens with zero attached hydrogens (tertiary/aromatic N) is 2. The summed E-state index contributed by atoms with van der Waals surface area (Å²) in [6.45, 7) is 2.24. The maximum absolute atomic E-state index is 11.3. The third-order valence-electron chi connectivity index (χ3n) is 2.92. The van der Waals surface area contributed by atoms with Gasteiger partial charge in [0.2, 0.25) is 0 Å². The SMILES string of the molecule is COC(=O)Cn1c(C)[n+](C)c2ccccc21. The van der Waals surface area contributed by atoms with E-state index < -0.39 is 0 Å². The van der Waals surface area contributed by atoms with Crippen LogP contribution in [-0.2, 0) is 23.1 Å². The number of ether oxygens (including phenoxy) is 1. The fraction of sp³-hybridized carbons (Fsp3) is 0.333. The number of hydrogen-bond acceptors (Lipinski definition) is 2. The van der Waals surface area contributed by atoms with E-state index in [2.05, 4.69) is 4.57 Å². The van der Waals surface area contributed by atoms with Crippen LogP contribution in [0.4, 0.5) is 0 Å². The van der Waals surface area contributed by atoms with Crippen molar-refractivity contribution in [1.82, 2.24) is 4.57 Å². The number of carbonyl (C=O) groups is 1. The fourth-order valence-corrected chi connectivity index (χ4v) is 1.90. The van der Waals surface area contributed by atoms with Crippen molar-refractivity contribution in [3.05, 3.63) is 30.1 Å². The molecule has 16 heavy (non-hydrogen) atoms. The Balaban J connectivity index is 2.59. The highest BCUT2D eigenvalue weighted by atomic mass is 16.5. The van der Waals surface area contributed by atoms with Crippen LogP contribution in [0, 0.1) is 6.92 Å². The van der Waals surface area contributed by atoms with E-state index >= 15 is 0 Å². The Morgan fingerprint density at radius 1 is 1.44 bits per heavy atom. The van der Waals surface area contributed by atoms with Gasteiger partial charge in [-0.1, -0.05) is 12.1 Å². The zero-order valence-electron chi connectivity index (χ0n) is 9.73. The van der Waals surface area contributed by atoms with E-state index in [0.717, 1.165) is 16.9 Å². The number of para-hydroxylation sites is 2. The van der Waals surface area contributed by atoms with Crippen LogP contribution in [0.25, 0.3) is 11.0 Å². The molecule has 0 bridgehead atoms. The van der Waals surface area contributed by atoms with Gasteiger partial charge in [-0.05, 0) is 12.1 Å². The topological polar surface area (TPSA) is 35.1 Å². The van der Waals surface area contributed by atoms with Gasteiger partial charge in [0.1, 0.15) is 0 Å². The molecule has 4 nitrogen and oxygen atoms in total. The molecule has 0 fully saturated rings. The van der Waals surface area contributed by atoms with Gasteiger partial charge < -0.3 is 4.74 Å². The predicted molar refractivity (Wildman–Crippen MR) is 59.9 cm³/mol. The van der Waals surface area contributed by atoms with Gasteiger partial charge in [0.05, 0.1) is 14.2 Å². The van der Waals surface area contributed by atoms with Gasteiger partial charge in [-0.25, -0.2) is 13.9 Å². The molecule has 0 amide bonds. The van der Waals surface area contributed by atoms with Crippen LogP contribution < -0.4 is 4.57 Å². The quantitative estimate of drug-likeness (QED) is 0.556. The molecule has 2 rings (SSSR count). The number of methoxy groups -OCH3 is 1. The highest BCUT2D eigenvalue weighted by molar-refractivity contribution is 5.76. The molecule has 1 aromatic carbocycles. The summed E-state index contributed by atoms with van der Waals surface area (Å²) in [6, 6.07) is 8.00. The molecule has 2 aromatic rings. The fourth-order valence-electron chi connectivity index (χ4n) is 1.90. The average Bonchev–Trinajstić information content (AvgIpc) is 2.55. The van der Waals surface area contributed by atoms with E-state index in [0.29, 0.717) is 0 Å². The summed E-state index contributed by atoms with van der Waals surface area (Å²) in [5, 5.41) is 0. The number of hydrogen-bond donors (Lipinski definition) is 0. The van der Waals surface area contributed by atoms with Gasteiger partial charge in [0.15, 0.2) is 17.6 Å². The number of aryl methyl sites for hydroxylation is 1. The van der Waals surface area contributed by atoms with Crippen molar-refractivity contribution in [2.75, 3.05) is 7.11 Å². The van der Waals surface area contributed by atoms with Gasteiger partial charge in [-0.3, -0.25) is 0 Å². The van der Waals surface area contributed by atoms with Gasteiger partial charge >= 0.3 is 5.97 Å². The Labute approximate surface area is 94.1 Å². The lowest BCUT2D eigenvalue weighted by Crippen LogP contribution is -2.31. The standard InChI is InChI=1S/C12H15N2O2/c1-9-13(2)10-6-4-5-7-11(10)14(9)8-12(15)16-3/h4-7H,8H2,1-3H3/q+1. The lowest BCUT2D eigenvalue weighted by atomic mass is 10.3. The van der Waals surface area contributed by atoms with Crippen molar-refractivity contribution < 1.29 is 14.1 Å². The molecule has 84 valence electrons. The van der Waals surface area contributed by atoms with Crippen LogP contribution >= 0.6 is 0 Å². The number of aromatic nitrogens is 2. The highest BCUT2D eigenvalue weighted by Crippen LogP contribution is 2.13. The molecule has 0 aliphatic carbocycles. The number of imidazole rings is 1.